The molecule has 1 aliphatic carbocycles. The predicted molar refractivity (Wildman–Crippen MR) is 78.0 cm³/mol. The maximum Gasteiger partial charge on any atom is 0.239 e. The lowest BCUT2D eigenvalue weighted by Gasteiger charge is -2.21. The first-order chi connectivity index (χ1) is 9.11. The molecule has 1 aromatic rings. The van der Waals surface area contributed by atoms with Crippen LogP contribution in [-0.2, 0) is 4.79 Å². The molecule has 0 radical (unpaired) electrons. The molecule has 1 saturated carbocycles. The molecule has 0 aliphatic heterocycles. The SMILES string of the molecule is COc1ccc(C(NC2CCCC2)C(N)=O)cc1Br. The van der Waals surface area contributed by atoms with Gasteiger partial charge in [-0.1, -0.05) is 18.9 Å². The highest BCUT2D eigenvalue weighted by atomic mass is 79.9. The van der Waals surface area contributed by atoms with Crippen LogP contribution in [0.5, 0.6) is 5.75 Å². The van der Waals surface area contributed by atoms with Gasteiger partial charge in [0.1, 0.15) is 11.8 Å². The van der Waals surface area contributed by atoms with Gasteiger partial charge >= 0.3 is 0 Å². The Labute approximate surface area is 121 Å². The van der Waals surface area contributed by atoms with Crippen molar-refractivity contribution in [2.75, 3.05) is 7.11 Å². The zero-order valence-corrected chi connectivity index (χ0v) is 12.6. The Kier molecular flexibility index (Phi) is 4.82. The van der Waals surface area contributed by atoms with Crippen LogP contribution in [0.15, 0.2) is 22.7 Å². The van der Waals surface area contributed by atoms with Gasteiger partial charge in [0.25, 0.3) is 0 Å². The van der Waals surface area contributed by atoms with Crippen molar-refractivity contribution in [2.45, 2.75) is 37.8 Å². The first-order valence-corrected chi connectivity index (χ1v) is 7.30. The van der Waals surface area contributed by atoms with E-state index in [1.807, 2.05) is 18.2 Å². The van der Waals surface area contributed by atoms with E-state index in [0.29, 0.717) is 6.04 Å². The van der Waals surface area contributed by atoms with Gasteiger partial charge in [-0.05, 0) is 46.5 Å². The Balaban J connectivity index is 2.18. The standard InChI is InChI=1S/C14H19BrN2O2/c1-19-12-7-6-9(8-11(12)15)13(14(16)18)17-10-4-2-3-5-10/h6-8,10,13,17H,2-5H2,1H3,(H2,16,18). The topological polar surface area (TPSA) is 64.3 Å². The van der Waals surface area contributed by atoms with E-state index in [1.165, 1.54) is 12.8 Å². The Morgan fingerprint density at radius 2 is 2.16 bits per heavy atom. The number of halogens is 1. The Bertz CT molecular complexity index is 459. The number of amides is 1. The van der Waals surface area contributed by atoms with Gasteiger partial charge < -0.3 is 10.5 Å². The summed E-state index contributed by atoms with van der Waals surface area (Å²) in [6.07, 6.45) is 4.66. The number of nitrogens with two attached hydrogens (primary N) is 1. The molecule has 1 aliphatic rings. The van der Waals surface area contributed by atoms with E-state index >= 15 is 0 Å². The molecule has 19 heavy (non-hydrogen) atoms. The van der Waals surface area contributed by atoms with Crippen LogP contribution >= 0.6 is 15.9 Å². The van der Waals surface area contributed by atoms with Crippen molar-refractivity contribution in [2.24, 2.45) is 5.73 Å². The van der Waals surface area contributed by atoms with Crippen LogP contribution in [0, 0.1) is 0 Å². The second-order valence-electron chi connectivity index (χ2n) is 4.88. The van der Waals surface area contributed by atoms with E-state index in [1.54, 1.807) is 7.11 Å². The minimum absolute atomic E-state index is 0.344. The number of carbonyl (C=O) groups is 1. The van der Waals surface area contributed by atoms with E-state index in [0.717, 1.165) is 28.6 Å². The smallest absolute Gasteiger partial charge is 0.239 e. The van der Waals surface area contributed by atoms with Crippen molar-refractivity contribution in [1.82, 2.24) is 5.32 Å². The average molecular weight is 327 g/mol. The minimum atomic E-state index is -0.440. The summed E-state index contributed by atoms with van der Waals surface area (Å²) in [5, 5.41) is 3.36. The zero-order chi connectivity index (χ0) is 13.8. The maximum absolute atomic E-state index is 11.7. The molecular formula is C14H19BrN2O2. The zero-order valence-electron chi connectivity index (χ0n) is 11.0. The molecule has 0 aromatic heterocycles. The second kappa shape index (κ2) is 6.39. The quantitative estimate of drug-likeness (QED) is 0.873. The monoisotopic (exact) mass is 326 g/mol. The molecule has 0 saturated heterocycles. The van der Waals surface area contributed by atoms with Crippen molar-refractivity contribution in [1.29, 1.82) is 0 Å². The molecule has 1 aromatic carbocycles. The molecule has 5 heteroatoms. The van der Waals surface area contributed by atoms with Crippen molar-refractivity contribution in [3.05, 3.63) is 28.2 Å². The number of benzene rings is 1. The molecule has 0 bridgehead atoms. The average Bonchev–Trinajstić information content (AvgIpc) is 2.88. The molecule has 1 fully saturated rings. The minimum Gasteiger partial charge on any atom is -0.496 e. The van der Waals surface area contributed by atoms with Crippen molar-refractivity contribution in [3.8, 4) is 5.75 Å². The number of methoxy groups -OCH3 is 1. The van der Waals surface area contributed by atoms with E-state index in [-0.39, 0.29) is 5.91 Å². The van der Waals surface area contributed by atoms with Gasteiger partial charge in [-0.2, -0.15) is 0 Å². The largest absolute Gasteiger partial charge is 0.496 e. The van der Waals surface area contributed by atoms with E-state index in [9.17, 15) is 4.79 Å². The van der Waals surface area contributed by atoms with Gasteiger partial charge in [-0.25, -0.2) is 0 Å². The molecule has 1 unspecified atom stereocenters. The van der Waals surface area contributed by atoms with Crippen LogP contribution in [0.2, 0.25) is 0 Å². The Morgan fingerprint density at radius 3 is 2.68 bits per heavy atom. The van der Waals surface area contributed by atoms with Gasteiger partial charge in [0, 0.05) is 6.04 Å². The molecule has 0 heterocycles. The summed E-state index contributed by atoms with van der Waals surface area (Å²) < 4.78 is 6.02. The first-order valence-electron chi connectivity index (χ1n) is 6.50. The third kappa shape index (κ3) is 3.48. The lowest BCUT2D eigenvalue weighted by atomic mass is 10.0. The summed E-state index contributed by atoms with van der Waals surface area (Å²) in [7, 11) is 1.61. The summed E-state index contributed by atoms with van der Waals surface area (Å²) in [6.45, 7) is 0. The summed E-state index contributed by atoms with van der Waals surface area (Å²) in [5.41, 5.74) is 6.39. The number of nitrogens with one attached hydrogen (secondary N) is 1. The van der Waals surface area contributed by atoms with Gasteiger partial charge in [0.15, 0.2) is 0 Å². The summed E-state index contributed by atoms with van der Waals surface area (Å²) in [6, 6.07) is 5.55. The normalized spacial score (nSPS) is 17.4. The first kappa shape index (κ1) is 14.3. The lowest BCUT2D eigenvalue weighted by Crippen LogP contribution is -2.38. The van der Waals surface area contributed by atoms with E-state index < -0.39 is 6.04 Å². The summed E-state index contributed by atoms with van der Waals surface area (Å²) in [4.78, 5) is 11.7. The molecule has 0 spiro atoms. The molecule has 2 rings (SSSR count). The molecule has 1 amide bonds. The van der Waals surface area contributed by atoms with E-state index in [4.69, 9.17) is 10.5 Å². The number of rotatable bonds is 5. The Hall–Kier alpha value is -1.07. The van der Waals surface area contributed by atoms with Gasteiger partial charge in [-0.3, -0.25) is 10.1 Å². The fourth-order valence-corrected chi connectivity index (χ4v) is 3.09. The number of hydrogen-bond donors (Lipinski definition) is 2. The van der Waals surface area contributed by atoms with Crippen LogP contribution in [-0.4, -0.2) is 19.1 Å². The van der Waals surface area contributed by atoms with Crippen LogP contribution in [0.4, 0.5) is 0 Å². The Morgan fingerprint density at radius 1 is 1.47 bits per heavy atom. The van der Waals surface area contributed by atoms with Crippen LogP contribution < -0.4 is 15.8 Å². The molecule has 3 N–H and O–H groups in total. The van der Waals surface area contributed by atoms with Crippen molar-refractivity contribution < 1.29 is 9.53 Å². The molecule has 1 atom stereocenters. The van der Waals surface area contributed by atoms with Crippen LogP contribution in [0.3, 0.4) is 0 Å². The van der Waals surface area contributed by atoms with Crippen LogP contribution in [0.25, 0.3) is 0 Å². The highest BCUT2D eigenvalue weighted by molar-refractivity contribution is 9.10. The van der Waals surface area contributed by atoms with Crippen LogP contribution in [0.1, 0.15) is 37.3 Å². The fraction of sp³-hybridized carbons (Fsp3) is 0.500. The molecule has 4 nitrogen and oxygen atoms in total. The van der Waals surface area contributed by atoms with Gasteiger partial charge in [-0.15, -0.1) is 0 Å². The highest BCUT2D eigenvalue weighted by Crippen LogP contribution is 2.29. The number of hydrogen-bond acceptors (Lipinski definition) is 3. The highest BCUT2D eigenvalue weighted by Gasteiger charge is 2.24. The maximum atomic E-state index is 11.7. The number of ether oxygens (including phenoxy) is 1. The summed E-state index contributed by atoms with van der Waals surface area (Å²) >= 11 is 3.43. The lowest BCUT2D eigenvalue weighted by molar-refractivity contribution is -0.120. The van der Waals surface area contributed by atoms with Crippen molar-refractivity contribution >= 4 is 21.8 Å². The van der Waals surface area contributed by atoms with E-state index in [2.05, 4.69) is 21.2 Å². The number of primary amides is 1. The third-order valence-electron chi connectivity index (χ3n) is 3.55. The predicted octanol–water partition coefficient (Wildman–Crippen LogP) is 2.52. The second-order valence-corrected chi connectivity index (χ2v) is 5.73. The number of carbonyl (C=O) groups excluding carboxylic acids is 1. The van der Waals surface area contributed by atoms with Gasteiger partial charge in [0.05, 0.1) is 11.6 Å². The van der Waals surface area contributed by atoms with Crippen molar-refractivity contribution in [3.63, 3.8) is 0 Å². The fourth-order valence-electron chi connectivity index (χ4n) is 2.53. The summed E-state index contributed by atoms with van der Waals surface area (Å²) in [5.74, 6) is 0.400. The molecule has 104 valence electrons. The third-order valence-corrected chi connectivity index (χ3v) is 4.17. The molecular weight excluding hydrogens is 308 g/mol. The van der Waals surface area contributed by atoms with Gasteiger partial charge in [0.2, 0.25) is 5.91 Å².